The van der Waals surface area contributed by atoms with Crippen LogP contribution in [0.4, 0.5) is 0 Å². The fourth-order valence-corrected chi connectivity index (χ4v) is 5.08. The van der Waals surface area contributed by atoms with Gasteiger partial charge in [-0.25, -0.2) is 0 Å². The van der Waals surface area contributed by atoms with Crippen LogP contribution in [0.25, 0.3) is 23.5 Å². The predicted molar refractivity (Wildman–Crippen MR) is 153 cm³/mol. The second kappa shape index (κ2) is 10.1. The van der Waals surface area contributed by atoms with E-state index in [0.29, 0.717) is 0 Å². The van der Waals surface area contributed by atoms with E-state index >= 15 is 0 Å². The molecule has 0 unspecified atom stereocenters. The summed E-state index contributed by atoms with van der Waals surface area (Å²) < 4.78 is 4.61. The highest BCUT2D eigenvalue weighted by atomic mass is 15.0. The molecule has 5 rings (SSSR count). The van der Waals surface area contributed by atoms with Crippen LogP contribution in [0.3, 0.4) is 0 Å². The lowest BCUT2D eigenvalue weighted by Crippen LogP contribution is -2.06. The molecule has 0 bridgehead atoms. The van der Waals surface area contributed by atoms with E-state index in [-0.39, 0.29) is 0 Å². The molecule has 178 valence electrons. The van der Waals surface area contributed by atoms with Gasteiger partial charge in [0.1, 0.15) is 0 Å². The van der Waals surface area contributed by atoms with Crippen molar-refractivity contribution in [3.8, 4) is 11.4 Å². The van der Waals surface area contributed by atoms with Gasteiger partial charge in [0, 0.05) is 47.0 Å². The molecule has 0 saturated carbocycles. The summed E-state index contributed by atoms with van der Waals surface area (Å²) in [7, 11) is 0. The van der Waals surface area contributed by atoms with Gasteiger partial charge in [-0.3, -0.25) is 0 Å². The number of nitrogens with zero attached hydrogens (tertiary/aromatic N) is 2. The molecule has 36 heavy (non-hydrogen) atoms. The molecule has 0 spiro atoms. The third-order valence-electron chi connectivity index (χ3n) is 6.97. The molecule has 3 aromatic carbocycles. The van der Waals surface area contributed by atoms with E-state index < -0.39 is 0 Å². The van der Waals surface area contributed by atoms with Gasteiger partial charge < -0.3 is 9.13 Å². The number of para-hydroxylation sites is 2. The fourth-order valence-electron chi connectivity index (χ4n) is 5.08. The van der Waals surface area contributed by atoms with Gasteiger partial charge in [0.2, 0.25) is 0 Å². The van der Waals surface area contributed by atoms with Crippen LogP contribution in [0, 0.1) is 13.8 Å². The fraction of sp³-hybridized carbons (Fsp3) is 0.118. The van der Waals surface area contributed by atoms with E-state index in [9.17, 15) is 0 Å². The van der Waals surface area contributed by atoms with E-state index in [2.05, 4.69) is 133 Å². The maximum Gasteiger partial charge on any atom is 0.0458 e. The van der Waals surface area contributed by atoms with Gasteiger partial charge in [0.15, 0.2) is 0 Å². The first kappa shape index (κ1) is 23.4. The van der Waals surface area contributed by atoms with Crippen molar-refractivity contribution in [2.24, 2.45) is 0 Å². The lowest BCUT2D eigenvalue weighted by atomic mass is 9.94. The molecule has 2 nitrogen and oxygen atoms in total. The molecule has 5 aromatic rings. The second-order valence-corrected chi connectivity index (χ2v) is 9.31. The van der Waals surface area contributed by atoms with E-state index in [4.69, 9.17) is 0 Å². The van der Waals surface area contributed by atoms with Crippen LogP contribution in [-0.4, -0.2) is 9.13 Å². The molecule has 0 N–H and O–H groups in total. The Bertz CT molecular complexity index is 1400. The van der Waals surface area contributed by atoms with Crippen molar-refractivity contribution in [3.63, 3.8) is 0 Å². The number of hydrogen-bond acceptors (Lipinski definition) is 0. The Hall–Kier alpha value is -4.30. The molecular formula is C34H32N2. The Balaban J connectivity index is 1.47. The largest absolute Gasteiger partial charge is 0.314 e. The third kappa shape index (κ3) is 4.50. The minimum Gasteiger partial charge on any atom is -0.314 e. The van der Waals surface area contributed by atoms with Crippen molar-refractivity contribution in [2.45, 2.75) is 26.7 Å². The Morgan fingerprint density at radius 1 is 0.556 bits per heavy atom. The van der Waals surface area contributed by atoms with Gasteiger partial charge >= 0.3 is 0 Å². The van der Waals surface area contributed by atoms with Crippen LogP contribution in [0.5, 0.6) is 0 Å². The third-order valence-corrected chi connectivity index (χ3v) is 6.97. The zero-order valence-electron chi connectivity index (χ0n) is 21.1. The normalized spacial score (nSPS) is 10.9. The molecule has 0 fully saturated rings. The lowest BCUT2D eigenvalue weighted by Gasteiger charge is -2.17. The molecule has 0 aliphatic rings. The van der Waals surface area contributed by atoms with Crippen molar-refractivity contribution in [3.05, 3.63) is 155 Å². The Labute approximate surface area is 214 Å². The number of rotatable bonds is 8. The maximum absolute atomic E-state index is 4.03. The summed E-state index contributed by atoms with van der Waals surface area (Å²) in [6, 6.07) is 34.5. The summed E-state index contributed by atoms with van der Waals surface area (Å²) in [5.74, 6) is 0. The van der Waals surface area contributed by atoms with Crippen molar-refractivity contribution in [2.75, 3.05) is 0 Å². The van der Waals surface area contributed by atoms with Crippen LogP contribution in [-0.2, 0) is 12.8 Å². The smallest absolute Gasteiger partial charge is 0.0458 e. The summed E-state index contributed by atoms with van der Waals surface area (Å²) in [6.45, 7) is 12.5. The summed E-state index contributed by atoms with van der Waals surface area (Å²) in [5, 5.41) is 0. The molecule has 2 heterocycles. The summed E-state index contributed by atoms with van der Waals surface area (Å²) in [6.07, 6.45) is 5.60. The Kier molecular flexibility index (Phi) is 6.60. The second-order valence-electron chi connectivity index (χ2n) is 9.31. The van der Waals surface area contributed by atoms with Gasteiger partial charge in [-0.1, -0.05) is 61.7 Å². The Morgan fingerprint density at radius 2 is 0.944 bits per heavy atom. The van der Waals surface area contributed by atoms with Gasteiger partial charge in [0.25, 0.3) is 0 Å². The summed E-state index contributed by atoms with van der Waals surface area (Å²) >= 11 is 0. The van der Waals surface area contributed by atoms with E-state index in [1.54, 1.807) is 0 Å². The number of benzene rings is 3. The highest BCUT2D eigenvalue weighted by molar-refractivity contribution is 5.53. The van der Waals surface area contributed by atoms with Crippen molar-refractivity contribution in [1.29, 1.82) is 0 Å². The number of aryl methyl sites for hydroxylation is 2. The van der Waals surface area contributed by atoms with Crippen molar-refractivity contribution in [1.82, 2.24) is 9.13 Å². The van der Waals surface area contributed by atoms with Crippen LogP contribution in [0.2, 0.25) is 0 Å². The highest BCUT2D eigenvalue weighted by Gasteiger charge is 2.14. The molecule has 0 amide bonds. The molecule has 0 aliphatic carbocycles. The topological polar surface area (TPSA) is 9.86 Å². The van der Waals surface area contributed by atoms with Crippen LogP contribution < -0.4 is 0 Å². The first-order chi connectivity index (χ1) is 17.6. The first-order valence-electron chi connectivity index (χ1n) is 12.4. The van der Waals surface area contributed by atoms with Crippen LogP contribution in [0.15, 0.2) is 110 Å². The zero-order valence-corrected chi connectivity index (χ0v) is 21.1. The molecule has 0 aliphatic heterocycles. The van der Waals surface area contributed by atoms with E-state index in [0.717, 1.165) is 35.6 Å². The minimum absolute atomic E-state index is 0.872. The van der Waals surface area contributed by atoms with Crippen molar-refractivity contribution >= 4 is 12.2 Å². The van der Waals surface area contributed by atoms with Gasteiger partial charge in [-0.05, 0) is 96.8 Å². The highest BCUT2D eigenvalue weighted by Crippen LogP contribution is 2.27. The average Bonchev–Trinajstić information content (AvgIpc) is 3.51. The number of hydrogen-bond donors (Lipinski definition) is 0. The standard InChI is InChI=1S/C34H32N2/c1-5-29-17-19-33(35(29)31-13-9-7-10-14-31)23-27-21-26(4)28(22-25(27)3)24-34-20-18-30(6-2)36(34)32-15-11-8-12-16-32/h5-22H,1-2,23-24H2,3-4H3. The molecular weight excluding hydrogens is 436 g/mol. The Morgan fingerprint density at radius 3 is 1.31 bits per heavy atom. The molecule has 2 heteroatoms. The van der Waals surface area contributed by atoms with Gasteiger partial charge in [0.05, 0.1) is 0 Å². The van der Waals surface area contributed by atoms with Gasteiger partial charge in [-0.2, -0.15) is 0 Å². The molecule has 0 radical (unpaired) electrons. The van der Waals surface area contributed by atoms with E-state index in [1.807, 2.05) is 12.2 Å². The average molecular weight is 469 g/mol. The van der Waals surface area contributed by atoms with Crippen LogP contribution >= 0.6 is 0 Å². The maximum atomic E-state index is 4.03. The SMILES string of the molecule is C=Cc1ccc(Cc2cc(C)c(Cc3ccc(C=C)n3-c3ccccc3)cc2C)n1-c1ccccc1. The zero-order chi connectivity index (χ0) is 25.1. The van der Waals surface area contributed by atoms with Gasteiger partial charge in [-0.15, -0.1) is 0 Å². The minimum atomic E-state index is 0.872. The molecule has 0 saturated heterocycles. The first-order valence-corrected chi connectivity index (χ1v) is 12.4. The monoisotopic (exact) mass is 468 g/mol. The summed E-state index contributed by atoms with van der Waals surface area (Å²) in [4.78, 5) is 0. The predicted octanol–water partition coefficient (Wildman–Crippen LogP) is 8.35. The quantitative estimate of drug-likeness (QED) is 0.216. The number of aromatic nitrogens is 2. The lowest BCUT2D eigenvalue weighted by molar-refractivity contribution is 0.930. The van der Waals surface area contributed by atoms with E-state index in [1.165, 1.54) is 33.6 Å². The molecule has 0 atom stereocenters. The van der Waals surface area contributed by atoms with Crippen molar-refractivity contribution < 1.29 is 0 Å². The van der Waals surface area contributed by atoms with Crippen LogP contribution in [0.1, 0.15) is 45.0 Å². The molecule has 2 aromatic heterocycles. The summed E-state index contributed by atoms with van der Waals surface area (Å²) in [5.41, 5.74) is 12.4.